The zero-order valence-electron chi connectivity index (χ0n) is 17.9. The highest BCUT2D eigenvalue weighted by Gasteiger charge is 2.20. The molecule has 0 aliphatic heterocycles. The fourth-order valence-corrected chi connectivity index (χ4v) is 3.59. The standard InChI is InChI=1S/C21H19F2N9O/c1-12-14(15-5-8-31(3)28-15)11-32-17(12)18(27-19(29-32)20-25-7-9-30(20)2)26-16-10-13(4-6-24-16)33-21(22)23/h4-11,21H,1-3H3,(H,24,26,27,29). The van der Waals surface area contributed by atoms with Crippen LogP contribution in [0.5, 0.6) is 5.75 Å². The molecule has 0 spiro atoms. The molecule has 0 bridgehead atoms. The summed E-state index contributed by atoms with van der Waals surface area (Å²) >= 11 is 0. The molecule has 0 amide bonds. The van der Waals surface area contributed by atoms with Crippen LogP contribution in [0.25, 0.3) is 28.4 Å². The van der Waals surface area contributed by atoms with Gasteiger partial charge in [0.2, 0.25) is 5.82 Å². The lowest BCUT2D eigenvalue weighted by molar-refractivity contribution is -0.0498. The first-order chi connectivity index (χ1) is 15.9. The molecule has 0 radical (unpaired) electrons. The quantitative estimate of drug-likeness (QED) is 0.421. The van der Waals surface area contributed by atoms with E-state index in [0.29, 0.717) is 28.8 Å². The van der Waals surface area contributed by atoms with E-state index in [-0.39, 0.29) is 5.75 Å². The number of nitrogens with one attached hydrogen (secondary N) is 1. The summed E-state index contributed by atoms with van der Waals surface area (Å²) in [5.41, 5.74) is 3.25. The minimum atomic E-state index is -2.94. The molecule has 0 saturated heterocycles. The molecule has 0 aliphatic carbocycles. The number of hydrogen-bond donors (Lipinski definition) is 1. The molecule has 5 heterocycles. The van der Waals surface area contributed by atoms with Gasteiger partial charge in [-0.25, -0.2) is 19.5 Å². The fraction of sp³-hybridized carbons (Fsp3) is 0.190. The minimum Gasteiger partial charge on any atom is -0.435 e. The lowest BCUT2D eigenvalue weighted by Crippen LogP contribution is -2.07. The first kappa shape index (κ1) is 20.5. The van der Waals surface area contributed by atoms with Crippen molar-refractivity contribution in [3.05, 3.63) is 54.7 Å². The Balaban J connectivity index is 1.67. The van der Waals surface area contributed by atoms with Crippen LogP contribution in [0.4, 0.5) is 20.4 Å². The van der Waals surface area contributed by atoms with Crippen molar-refractivity contribution in [2.24, 2.45) is 14.1 Å². The highest BCUT2D eigenvalue weighted by Crippen LogP contribution is 2.32. The molecule has 10 nitrogen and oxygen atoms in total. The number of imidazole rings is 1. The van der Waals surface area contributed by atoms with Crippen molar-refractivity contribution in [3.8, 4) is 28.7 Å². The molecule has 1 N–H and O–H groups in total. The lowest BCUT2D eigenvalue weighted by atomic mass is 10.1. The molecule has 0 unspecified atom stereocenters. The number of ether oxygens (including phenoxy) is 1. The Labute approximate surface area is 186 Å². The van der Waals surface area contributed by atoms with Crippen LogP contribution in [0.2, 0.25) is 0 Å². The molecule has 12 heteroatoms. The number of anilines is 2. The van der Waals surface area contributed by atoms with Crippen LogP contribution < -0.4 is 10.1 Å². The van der Waals surface area contributed by atoms with Gasteiger partial charge >= 0.3 is 6.61 Å². The molecule has 0 fully saturated rings. The Kier molecular flexibility index (Phi) is 4.96. The number of nitrogens with zero attached hydrogens (tertiary/aromatic N) is 8. The topological polar surface area (TPSA) is 100.0 Å². The van der Waals surface area contributed by atoms with Crippen molar-refractivity contribution in [2.45, 2.75) is 13.5 Å². The third kappa shape index (κ3) is 3.86. The summed E-state index contributed by atoms with van der Waals surface area (Å²) in [6.07, 6.45) is 8.56. The van der Waals surface area contributed by atoms with Gasteiger partial charge in [-0.1, -0.05) is 0 Å². The van der Waals surface area contributed by atoms with Crippen LogP contribution in [-0.4, -0.2) is 45.5 Å². The Morgan fingerprint density at radius 2 is 1.91 bits per heavy atom. The van der Waals surface area contributed by atoms with Gasteiger partial charge in [0.15, 0.2) is 11.6 Å². The molecule has 5 rings (SSSR count). The number of aryl methyl sites for hydroxylation is 3. The van der Waals surface area contributed by atoms with E-state index in [4.69, 9.17) is 0 Å². The summed E-state index contributed by atoms with van der Waals surface area (Å²) in [6, 6.07) is 4.64. The van der Waals surface area contributed by atoms with E-state index < -0.39 is 6.61 Å². The van der Waals surface area contributed by atoms with E-state index in [2.05, 4.69) is 35.2 Å². The maximum Gasteiger partial charge on any atom is 0.387 e. The fourth-order valence-electron chi connectivity index (χ4n) is 3.59. The van der Waals surface area contributed by atoms with Gasteiger partial charge in [-0.2, -0.15) is 13.9 Å². The monoisotopic (exact) mass is 451 g/mol. The Morgan fingerprint density at radius 3 is 2.61 bits per heavy atom. The van der Waals surface area contributed by atoms with Gasteiger partial charge in [-0.05, 0) is 24.6 Å². The van der Waals surface area contributed by atoms with Crippen molar-refractivity contribution in [1.29, 1.82) is 0 Å². The second kappa shape index (κ2) is 7.97. The average Bonchev–Trinajstić information content (AvgIpc) is 3.46. The van der Waals surface area contributed by atoms with E-state index >= 15 is 0 Å². The van der Waals surface area contributed by atoms with Crippen LogP contribution in [-0.2, 0) is 14.1 Å². The van der Waals surface area contributed by atoms with Gasteiger partial charge in [0, 0.05) is 56.7 Å². The van der Waals surface area contributed by atoms with Crippen LogP contribution in [0, 0.1) is 6.92 Å². The van der Waals surface area contributed by atoms with Gasteiger partial charge in [0.25, 0.3) is 0 Å². The van der Waals surface area contributed by atoms with Crippen LogP contribution in [0.1, 0.15) is 5.56 Å². The molecule has 33 heavy (non-hydrogen) atoms. The number of pyridine rings is 1. The number of fused-ring (bicyclic) bond motifs is 1. The third-order valence-electron chi connectivity index (χ3n) is 5.10. The number of aromatic nitrogens is 8. The van der Waals surface area contributed by atoms with E-state index in [0.717, 1.165) is 16.8 Å². The van der Waals surface area contributed by atoms with Gasteiger partial charge in [0.1, 0.15) is 17.1 Å². The summed E-state index contributed by atoms with van der Waals surface area (Å²) in [4.78, 5) is 13.2. The highest BCUT2D eigenvalue weighted by atomic mass is 19.3. The van der Waals surface area contributed by atoms with Gasteiger partial charge in [0.05, 0.1) is 5.69 Å². The molecule has 5 aromatic rings. The molecule has 5 aromatic heterocycles. The van der Waals surface area contributed by atoms with Crippen LogP contribution in [0.15, 0.2) is 49.2 Å². The lowest BCUT2D eigenvalue weighted by Gasteiger charge is -2.11. The summed E-state index contributed by atoms with van der Waals surface area (Å²) in [6.45, 7) is -0.993. The predicted octanol–water partition coefficient (Wildman–Crippen LogP) is 3.58. The number of alkyl halides is 2. The summed E-state index contributed by atoms with van der Waals surface area (Å²) in [5.74, 6) is 1.65. The highest BCUT2D eigenvalue weighted by molar-refractivity contribution is 5.84. The zero-order chi connectivity index (χ0) is 23.1. The van der Waals surface area contributed by atoms with Crippen LogP contribution in [0.3, 0.4) is 0 Å². The average molecular weight is 451 g/mol. The van der Waals surface area contributed by atoms with E-state index in [9.17, 15) is 8.78 Å². The first-order valence-electron chi connectivity index (χ1n) is 9.94. The Bertz CT molecular complexity index is 1450. The van der Waals surface area contributed by atoms with E-state index in [1.807, 2.05) is 39.5 Å². The van der Waals surface area contributed by atoms with E-state index in [1.54, 1.807) is 26.2 Å². The van der Waals surface area contributed by atoms with Gasteiger partial charge in [-0.3, -0.25) is 4.68 Å². The van der Waals surface area contributed by atoms with Crippen molar-refractivity contribution < 1.29 is 13.5 Å². The van der Waals surface area contributed by atoms with E-state index in [1.165, 1.54) is 18.3 Å². The molecule has 168 valence electrons. The van der Waals surface area contributed by atoms with Crippen LogP contribution >= 0.6 is 0 Å². The second-order valence-corrected chi connectivity index (χ2v) is 7.36. The van der Waals surface area contributed by atoms with Crippen molar-refractivity contribution >= 4 is 17.2 Å². The predicted molar refractivity (Wildman–Crippen MR) is 116 cm³/mol. The molecule has 0 aromatic carbocycles. The number of hydrogen-bond acceptors (Lipinski definition) is 7. The Hall–Kier alpha value is -4.35. The Morgan fingerprint density at radius 1 is 1.06 bits per heavy atom. The maximum atomic E-state index is 12.6. The number of halogens is 2. The van der Waals surface area contributed by atoms with Crippen molar-refractivity contribution in [1.82, 2.24) is 38.9 Å². The number of rotatable bonds is 6. The molecule has 0 atom stereocenters. The van der Waals surface area contributed by atoms with Crippen molar-refractivity contribution in [2.75, 3.05) is 5.32 Å². The summed E-state index contributed by atoms with van der Waals surface area (Å²) in [5, 5.41) is 12.3. The molecular weight excluding hydrogens is 432 g/mol. The third-order valence-corrected chi connectivity index (χ3v) is 5.10. The zero-order valence-corrected chi connectivity index (χ0v) is 17.9. The minimum absolute atomic E-state index is 0.0156. The second-order valence-electron chi connectivity index (χ2n) is 7.36. The molecule has 0 aliphatic rings. The first-order valence-corrected chi connectivity index (χ1v) is 9.94. The largest absolute Gasteiger partial charge is 0.435 e. The smallest absolute Gasteiger partial charge is 0.387 e. The SMILES string of the molecule is Cc1c(-c2ccn(C)n2)cn2nc(-c3nccn3C)nc(Nc3cc(OC(F)F)ccn3)c12. The van der Waals surface area contributed by atoms with Gasteiger partial charge in [-0.15, -0.1) is 5.10 Å². The van der Waals surface area contributed by atoms with Gasteiger partial charge < -0.3 is 14.6 Å². The molecule has 0 saturated carbocycles. The molecular formula is C21H19F2N9O. The summed E-state index contributed by atoms with van der Waals surface area (Å²) in [7, 11) is 3.69. The maximum absolute atomic E-state index is 12.6. The normalized spacial score (nSPS) is 11.5. The van der Waals surface area contributed by atoms with Crippen molar-refractivity contribution in [3.63, 3.8) is 0 Å². The summed E-state index contributed by atoms with van der Waals surface area (Å²) < 4.78 is 35.0.